The topological polar surface area (TPSA) is 82.2 Å². The fraction of sp³-hybridized carbons (Fsp3) is 0.0500. The third-order valence-electron chi connectivity index (χ3n) is 4.26. The Kier molecular flexibility index (Phi) is 4.18. The molecule has 134 valence electrons. The highest BCUT2D eigenvalue weighted by atomic mass is 16.6. The zero-order valence-electron chi connectivity index (χ0n) is 14.5. The standard InChI is InChI=1S/C20H16N4O3/c1-27-15-10-8-14(9-11-15)21-17-4-2-5-18-16(17)12-13-23(18)19-6-3-7-20(22-19)24(25)26/h2-13,21H,1H3. The quantitative estimate of drug-likeness (QED) is 0.412. The molecule has 0 spiro atoms. The summed E-state index contributed by atoms with van der Waals surface area (Å²) in [5.41, 5.74) is 2.77. The van der Waals surface area contributed by atoms with Crippen molar-refractivity contribution < 1.29 is 9.66 Å². The number of hydrogen-bond acceptors (Lipinski definition) is 5. The monoisotopic (exact) mass is 360 g/mol. The number of methoxy groups -OCH3 is 1. The number of anilines is 2. The maximum absolute atomic E-state index is 11.0. The molecule has 0 aliphatic heterocycles. The predicted octanol–water partition coefficient (Wildman–Crippen LogP) is 4.69. The van der Waals surface area contributed by atoms with Gasteiger partial charge in [0.2, 0.25) is 0 Å². The molecule has 0 fully saturated rings. The number of fused-ring (bicyclic) bond motifs is 1. The Balaban J connectivity index is 1.73. The van der Waals surface area contributed by atoms with Crippen LogP contribution in [0.2, 0.25) is 0 Å². The molecular weight excluding hydrogens is 344 g/mol. The Morgan fingerprint density at radius 1 is 1.04 bits per heavy atom. The average molecular weight is 360 g/mol. The van der Waals surface area contributed by atoms with Crippen molar-refractivity contribution in [3.05, 3.63) is 83.0 Å². The van der Waals surface area contributed by atoms with Crippen molar-refractivity contribution in [2.45, 2.75) is 0 Å². The third kappa shape index (κ3) is 3.18. The van der Waals surface area contributed by atoms with Crippen molar-refractivity contribution in [2.75, 3.05) is 12.4 Å². The lowest BCUT2D eigenvalue weighted by Crippen LogP contribution is -1.99. The van der Waals surface area contributed by atoms with E-state index < -0.39 is 4.92 Å². The molecular formula is C20H16N4O3. The van der Waals surface area contributed by atoms with Crippen LogP contribution in [0.15, 0.2) is 72.9 Å². The van der Waals surface area contributed by atoms with E-state index in [1.54, 1.807) is 19.2 Å². The highest BCUT2D eigenvalue weighted by Gasteiger charge is 2.14. The number of aromatic nitrogens is 2. The molecule has 0 saturated heterocycles. The van der Waals surface area contributed by atoms with E-state index in [9.17, 15) is 10.1 Å². The lowest BCUT2D eigenvalue weighted by atomic mass is 10.2. The first-order valence-electron chi connectivity index (χ1n) is 8.29. The fourth-order valence-electron chi connectivity index (χ4n) is 2.95. The van der Waals surface area contributed by atoms with Crippen LogP contribution < -0.4 is 10.1 Å². The van der Waals surface area contributed by atoms with Crippen LogP contribution in [0.5, 0.6) is 5.75 Å². The van der Waals surface area contributed by atoms with Crippen LogP contribution in [0.3, 0.4) is 0 Å². The molecule has 0 radical (unpaired) electrons. The summed E-state index contributed by atoms with van der Waals surface area (Å²) in [5, 5.41) is 15.4. The molecule has 0 saturated carbocycles. The van der Waals surface area contributed by atoms with Crippen molar-refractivity contribution in [2.24, 2.45) is 0 Å². The third-order valence-corrected chi connectivity index (χ3v) is 4.26. The van der Waals surface area contributed by atoms with Crippen LogP contribution in [0.1, 0.15) is 0 Å². The molecule has 2 aromatic heterocycles. The summed E-state index contributed by atoms with van der Waals surface area (Å²) in [4.78, 5) is 14.6. The Hall–Kier alpha value is -3.87. The number of pyridine rings is 1. The molecule has 7 heteroatoms. The summed E-state index contributed by atoms with van der Waals surface area (Å²) in [6.07, 6.45) is 1.86. The maximum Gasteiger partial charge on any atom is 0.365 e. The van der Waals surface area contributed by atoms with E-state index in [1.165, 1.54) is 6.07 Å². The molecule has 27 heavy (non-hydrogen) atoms. The van der Waals surface area contributed by atoms with Gasteiger partial charge in [0.25, 0.3) is 5.82 Å². The zero-order chi connectivity index (χ0) is 18.8. The van der Waals surface area contributed by atoms with Gasteiger partial charge in [-0.3, -0.25) is 4.57 Å². The number of nitro groups is 1. The van der Waals surface area contributed by atoms with Gasteiger partial charge >= 0.3 is 5.82 Å². The van der Waals surface area contributed by atoms with Crippen molar-refractivity contribution >= 4 is 28.1 Å². The first-order chi connectivity index (χ1) is 13.2. The van der Waals surface area contributed by atoms with Gasteiger partial charge in [-0.1, -0.05) is 6.07 Å². The molecule has 0 bridgehead atoms. The second-order valence-corrected chi connectivity index (χ2v) is 5.89. The highest BCUT2D eigenvalue weighted by Crippen LogP contribution is 2.29. The van der Waals surface area contributed by atoms with Crippen molar-refractivity contribution in [1.82, 2.24) is 9.55 Å². The lowest BCUT2D eigenvalue weighted by Gasteiger charge is -2.09. The van der Waals surface area contributed by atoms with E-state index in [2.05, 4.69) is 10.3 Å². The number of rotatable bonds is 5. The summed E-state index contributed by atoms with van der Waals surface area (Å²) in [7, 11) is 1.63. The first-order valence-corrected chi connectivity index (χ1v) is 8.29. The molecule has 2 heterocycles. The molecule has 0 amide bonds. The van der Waals surface area contributed by atoms with Crippen LogP contribution in [0.4, 0.5) is 17.2 Å². The SMILES string of the molecule is COc1ccc(Nc2cccc3c2ccn3-c2cccc([N+](=O)[O-])n2)cc1. The van der Waals surface area contributed by atoms with E-state index in [1.807, 2.05) is 59.3 Å². The van der Waals surface area contributed by atoms with E-state index in [4.69, 9.17) is 4.74 Å². The van der Waals surface area contributed by atoms with E-state index in [-0.39, 0.29) is 5.82 Å². The molecule has 4 aromatic rings. The largest absolute Gasteiger partial charge is 0.497 e. The van der Waals surface area contributed by atoms with Crippen LogP contribution in [-0.4, -0.2) is 21.6 Å². The normalized spacial score (nSPS) is 10.7. The minimum Gasteiger partial charge on any atom is -0.497 e. The second-order valence-electron chi connectivity index (χ2n) is 5.89. The Morgan fingerprint density at radius 2 is 1.81 bits per heavy atom. The van der Waals surface area contributed by atoms with Gasteiger partial charge in [0.15, 0.2) is 0 Å². The molecule has 0 atom stereocenters. The maximum atomic E-state index is 11.0. The zero-order valence-corrected chi connectivity index (χ0v) is 14.5. The number of ether oxygens (including phenoxy) is 1. The van der Waals surface area contributed by atoms with E-state index >= 15 is 0 Å². The van der Waals surface area contributed by atoms with Gasteiger partial charge in [0.1, 0.15) is 5.75 Å². The molecule has 0 aliphatic rings. The van der Waals surface area contributed by atoms with Gasteiger partial charge < -0.3 is 20.2 Å². The Bertz CT molecular complexity index is 1120. The molecule has 0 aliphatic carbocycles. The van der Waals surface area contributed by atoms with Gasteiger partial charge in [-0.25, -0.2) is 0 Å². The van der Waals surface area contributed by atoms with Gasteiger partial charge in [-0.05, 0) is 58.4 Å². The fourth-order valence-corrected chi connectivity index (χ4v) is 2.95. The molecule has 1 N–H and O–H groups in total. The smallest absolute Gasteiger partial charge is 0.365 e. The number of nitrogens with zero attached hydrogens (tertiary/aromatic N) is 3. The van der Waals surface area contributed by atoms with Gasteiger partial charge in [0, 0.05) is 35.1 Å². The van der Waals surface area contributed by atoms with Crippen molar-refractivity contribution in [1.29, 1.82) is 0 Å². The second kappa shape index (κ2) is 6.80. The molecule has 0 unspecified atom stereocenters. The van der Waals surface area contributed by atoms with Crippen molar-refractivity contribution in [3.63, 3.8) is 0 Å². The summed E-state index contributed by atoms with van der Waals surface area (Å²) in [5.74, 6) is 1.12. The Labute approximate surface area is 155 Å². The van der Waals surface area contributed by atoms with Gasteiger partial charge in [0.05, 0.1) is 12.6 Å². The Morgan fingerprint density at radius 3 is 2.56 bits per heavy atom. The van der Waals surface area contributed by atoms with Crippen LogP contribution >= 0.6 is 0 Å². The average Bonchev–Trinajstić information content (AvgIpc) is 3.14. The minimum atomic E-state index is -0.494. The van der Waals surface area contributed by atoms with E-state index in [0.29, 0.717) is 5.82 Å². The van der Waals surface area contributed by atoms with E-state index in [0.717, 1.165) is 28.0 Å². The number of nitrogens with one attached hydrogen (secondary N) is 1. The molecule has 7 nitrogen and oxygen atoms in total. The van der Waals surface area contributed by atoms with Gasteiger partial charge in [-0.15, -0.1) is 0 Å². The number of hydrogen-bond donors (Lipinski definition) is 1. The summed E-state index contributed by atoms with van der Waals surface area (Å²) >= 11 is 0. The highest BCUT2D eigenvalue weighted by molar-refractivity contribution is 5.95. The summed E-state index contributed by atoms with van der Waals surface area (Å²) < 4.78 is 7.02. The van der Waals surface area contributed by atoms with Crippen LogP contribution in [-0.2, 0) is 0 Å². The number of benzene rings is 2. The molecule has 4 rings (SSSR count). The summed E-state index contributed by atoms with van der Waals surface area (Å²) in [6.45, 7) is 0. The predicted molar refractivity (Wildman–Crippen MR) is 104 cm³/mol. The summed E-state index contributed by atoms with van der Waals surface area (Å²) in [6, 6.07) is 20.2. The van der Waals surface area contributed by atoms with Crippen molar-refractivity contribution in [3.8, 4) is 11.6 Å². The lowest BCUT2D eigenvalue weighted by molar-refractivity contribution is -0.389. The van der Waals surface area contributed by atoms with Crippen LogP contribution in [0.25, 0.3) is 16.7 Å². The van der Waals surface area contributed by atoms with Gasteiger partial charge in [-0.2, -0.15) is 0 Å². The molecule has 2 aromatic carbocycles. The van der Waals surface area contributed by atoms with Crippen LogP contribution in [0, 0.1) is 10.1 Å². The minimum absolute atomic E-state index is 0.179. The first kappa shape index (κ1) is 16.6.